The van der Waals surface area contributed by atoms with Gasteiger partial charge in [-0.25, -0.2) is 0 Å². The maximum absolute atomic E-state index is 10.6. The van der Waals surface area contributed by atoms with E-state index in [0.29, 0.717) is 12.5 Å². The largest absolute Gasteiger partial charge is 0.391 e. The first kappa shape index (κ1) is 15.5. The molecule has 0 radical (unpaired) electrons. The van der Waals surface area contributed by atoms with Crippen LogP contribution in [0.4, 0.5) is 0 Å². The fraction of sp³-hybridized carbons (Fsp3) is 0.812. The Kier molecular flexibility index (Phi) is 4.86. The summed E-state index contributed by atoms with van der Waals surface area (Å²) in [5.41, 5.74) is 0.808. The standard InChI is InChI=1S/C16H29N3O/c1-5-16(2,18(3)4)15(20)12-13-10-11-19(17-13)14-8-6-7-9-14/h10-11,14-15,20H,5-9,12H2,1-4H3. The van der Waals surface area contributed by atoms with Crippen molar-refractivity contribution in [1.82, 2.24) is 14.7 Å². The molecule has 2 unspecified atom stereocenters. The second-order valence-corrected chi connectivity index (χ2v) is 6.55. The highest BCUT2D eigenvalue weighted by molar-refractivity contribution is 5.05. The summed E-state index contributed by atoms with van der Waals surface area (Å²) >= 11 is 0. The zero-order valence-electron chi connectivity index (χ0n) is 13.3. The molecule has 0 amide bonds. The summed E-state index contributed by atoms with van der Waals surface area (Å²) in [5.74, 6) is 0. The monoisotopic (exact) mass is 279 g/mol. The molecule has 1 aliphatic carbocycles. The van der Waals surface area contributed by atoms with Crippen molar-refractivity contribution in [1.29, 1.82) is 0 Å². The summed E-state index contributed by atoms with van der Waals surface area (Å²) in [4.78, 5) is 2.12. The number of aliphatic hydroxyl groups excluding tert-OH is 1. The molecule has 1 saturated carbocycles. The zero-order valence-corrected chi connectivity index (χ0v) is 13.3. The van der Waals surface area contributed by atoms with E-state index in [9.17, 15) is 5.11 Å². The Morgan fingerprint density at radius 1 is 1.45 bits per heavy atom. The Bertz CT molecular complexity index is 423. The van der Waals surface area contributed by atoms with Crippen LogP contribution in [-0.2, 0) is 6.42 Å². The van der Waals surface area contributed by atoms with E-state index in [-0.39, 0.29) is 5.54 Å². The van der Waals surface area contributed by atoms with Crippen LogP contribution in [0.5, 0.6) is 0 Å². The van der Waals surface area contributed by atoms with Crippen LogP contribution in [0, 0.1) is 0 Å². The van der Waals surface area contributed by atoms with Crippen LogP contribution in [0.2, 0.25) is 0 Å². The van der Waals surface area contributed by atoms with Gasteiger partial charge in [-0.15, -0.1) is 0 Å². The Labute approximate surface area is 122 Å². The highest BCUT2D eigenvalue weighted by Crippen LogP contribution is 2.29. The second-order valence-electron chi connectivity index (χ2n) is 6.55. The number of rotatable bonds is 6. The Hall–Kier alpha value is -0.870. The Morgan fingerprint density at radius 3 is 2.65 bits per heavy atom. The molecular formula is C16H29N3O. The smallest absolute Gasteiger partial charge is 0.0776 e. The lowest BCUT2D eigenvalue weighted by Gasteiger charge is -2.39. The van der Waals surface area contributed by atoms with Crippen molar-refractivity contribution in [2.24, 2.45) is 0 Å². The highest BCUT2D eigenvalue weighted by atomic mass is 16.3. The second kappa shape index (κ2) is 6.27. The molecule has 1 aliphatic rings. The number of hydrogen-bond donors (Lipinski definition) is 1. The van der Waals surface area contributed by atoms with Crippen molar-refractivity contribution in [2.45, 2.75) is 70.1 Å². The average molecular weight is 279 g/mol. The summed E-state index contributed by atoms with van der Waals surface area (Å²) in [5, 5.41) is 15.3. The van der Waals surface area contributed by atoms with Crippen molar-refractivity contribution in [3.8, 4) is 0 Å². The normalized spacial score (nSPS) is 21.3. The quantitative estimate of drug-likeness (QED) is 0.870. The van der Waals surface area contributed by atoms with Crippen LogP contribution in [-0.4, -0.2) is 45.5 Å². The summed E-state index contributed by atoms with van der Waals surface area (Å²) in [6.45, 7) is 4.24. The lowest BCUT2D eigenvalue weighted by molar-refractivity contribution is 0.00237. The molecule has 1 fully saturated rings. The third kappa shape index (κ3) is 3.07. The third-order valence-electron chi connectivity index (χ3n) is 5.22. The summed E-state index contributed by atoms with van der Waals surface area (Å²) < 4.78 is 2.11. The minimum Gasteiger partial charge on any atom is -0.391 e. The van der Waals surface area contributed by atoms with E-state index in [0.717, 1.165) is 12.1 Å². The molecule has 2 rings (SSSR count). The first-order chi connectivity index (χ1) is 9.47. The number of aromatic nitrogens is 2. The van der Waals surface area contributed by atoms with Gasteiger partial charge in [-0.1, -0.05) is 19.8 Å². The van der Waals surface area contributed by atoms with Crippen molar-refractivity contribution in [2.75, 3.05) is 14.1 Å². The van der Waals surface area contributed by atoms with Crippen molar-refractivity contribution >= 4 is 0 Å². The van der Waals surface area contributed by atoms with Crippen LogP contribution >= 0.6 is 0 Å². The maximum atomic E-state index is 10.6. The van der Waals surface area contributed by atoms with Gasteiger partial charge in [0.15, 0.2) is 0 Å². The van der Waals surface area contributed by atoms with E-state index in [2.05, 4.69) is 40.8 Å². The van der Waals surface area contributed by atoms with Gasteiger partial charge in [-0.2, -0.15) is 5.10 Å². The third-order valence-corrected chi connectivity index (χ3v) is 5.22. The highest BCUT2D eigenvalue weighted by Gasteiger charge is 2.34. The molecule has 1 heterocycles. The molecule has 0 aliphatic heterocycles. The van der Waals surface area contributed by atoms with Crippen LogP contribution < -0.4 is 0 Å². The van der Waals surface area contributed by atoms with Crippen molar-refractivity contribution < 1.29 is 5.11 Å². The lowest BCUT2D eigenvalue weighted by Crippen LogP contribution is -2.51. The topological polar surface area (TPSA) is 41.3 Å². The minimum absolute atomic E-state index is 0.197. The Morgan fingerprint density at radius 2 is 2.10 bits per heavy atom. The number of aliphatic hydroxyl groups is 1. The predicted octanol–water partition coefficient (Wildman–Crippen LogP) is 2.63. The van der Waals surface area contributed by atoms with Gasteiger partial charge in [0.2, 0.25) is 0 Å². The molecule has 114 valence electrons. The van der Waals surface area contributed by atoms with E-state index in [1.165, 1.54) is 25.7 Å². The minimum atomic E-state index is -0.394. The van der Waals surface area contributed by atoms with Crippen LogP contribution in [0.3, 0.4) is 0 Å². The van der Waals surface area contributed by atoms with Crippen LogP contribution in [0.25, 0.3) is 0 Å². The number of hydrogen-bond acceptors (Lipinski definition) is 3. The lowest BCUT2D eigenvalue weighted by atomic mass is 9.87. The molecule has 2 atom stereocenters. The first-order valence-corrected chi connectivity index (χ1v) is 7.87. The summed E-state index contributed by atoms with van der Waals surface area (Å²) in [7, 11) is 4.06. The van der Waals surface area contributed by atoms with Gasteiger partial charge < -0.3 is 10.0 Å². The molecule has 20 heavy (non-hydrogen) atoms. The van der Waals surface area contributed by atoms with E-state index >= 15 is 0 Å². The van der Waals surface area contributed by atoms with Gasteiger partial charge in [-0.3, -0.25) is 4.68 Å². The molecule has 1 aromatic rings. The number of nitrogens with zero attached hydrogens (tertiary/aromatic N) is 3. The molecule has 0 aromatic carbocycles. The fourth-order valence-electron chi connectivity index (χ4n) is 3.13. The van der Waals surface area contributed by atoms with E-state index in [4.69, 9.17) is 0 Å². The SMILES string of the molecule is CCC(C)(C(O)Cc1ccn(C2CCCC2)n1)N(C)C. The molecule has 0 spiro atoms. The van der Waals surface area contributed by atoms with Gasteiger partial charge in [0.1, 0.15) is 0 Å². The molecule has 1 N–H and O–H groups in total. The molecule has 4 heteroatoms. The average Bonchev–Trinajstić information content (AvgIpc) is 3.07. The number of likely N-dealkylation sites (N-methyl/N-ethyl adjacent to an activating group) is 1. The molecule has 4 nitrogen and oxygen atoms in total. The van der Waals surface area contributed by atoms with Gasteiger partial charge in [0, 0.05) is 18.2 Å². The van der Waals surface area contributed by atoms with E-state index in [1.54, 1.807) is 0 Å². The Balaban J connectivity index is 2.02. The van der Waals surface area contributed by atoms with Crippen molar-refractivity contribution in [3.63, 3.8) is 0 Å². The summed E-state index contributed by atoms with van der Waals surface area (Å²) in [6.07, 6.45) is 8.36. The van der Waals surface area contributed by atoms with Gasteiger partial charge in [0.05, 0.1) is 17.8 Å². The van der Waals surface area contributed by atoms with Crippen molar-refractivity contribution in [3.05, 3.63) is 18.0 Å². The summed E-state index contributed by atoms with van der Waals surface area (Å²) in [6, 6.07) is 2.64. The van der Waals surface area contributed by atoms with Crippen LogP contribution in [0.15, 0.2) is 12.3 Å². The van der Waals surface area contributed by atoms with Gasteiger partial charge in [0.25, 0.3) is 0 Å². The molecule has 0 bridgehead atoms. The predicted molar refractivity (Wildman–Crippen MR) is 81.8 cm³/mol. The molecule has 1 aromatic heterocycles. The molecule has 0 saturated heterocycles. The fourth-order valence-corrected chi connectivity index (χ4v) is 3.13. The molecular weight excluding hydrogens is 250 g/mol. The first-order valence-electron chi connectivity index (χ1n) is 7.87. The maximum Gasteiger partial charge on any atom is 0.0776 e. The van der Waals surface area contributed by atoms with Gasteiger partial charge in [-0.05, 0) is 46.3 Å². The zero-order chi connectivity index (χ0) is 14.8. The van der Waals surface area contributed by atoms with E-state index < -0.39 is 6.10 Å². The van der Waals surface area contributed by atoms with Gasteiger partial charge >= 0.3 is 0 Å². The van der Waals surface area contributed by atoms with Crippen LogP contribution in [0.1, 0.15) is 57.7 Å². The van der Waals surface area contributed by atoms with E-state index in [1.807, 2.05) is 14.1 Å².